The van der Waals surface area contributed by atoms with E-state index < -0.39 is 41.7 Å². The number of hydrogen-bond acceptors (Lipinski definition) is 9. The first-order valence-electron chi connectivity index (χ1n) is 13.0. The Kier molecular flexibility index (Phi) is 10.7. The highest BCUT2D eigenvalue weighted by molar-refractivity contribution is 7.91. The van der Waals surface area contributed by atoms with E-state index in [4.69, 9.17) is 22.1 Å². The molecule has 0 aliphatic heterocycles. The van der Waals surface area contributed by atoms with E-state index in [2.05, 4.69) is 0 Å². The van der Waals surface area contributed by atoms with Gasteiger partial charge in [0.1, 0.15) is 23.0 Å². The minimum atomic E-state index is -4.15. The van der Waals surface area contributed by atoms with Gasteiger partial charge in [0.15, 0.2) is 0 Å². The van der Waals surface area contributed by atoms with Gasteiger partial charge in [0.05, 0.1) is 16.9 Å². The summed E-state index contributed by atoms with van der Waals surface area (Å²) < 4.78 is 94.8. The van der Waals surface area contributed by atoms with Gasteiger partial charge >= 0.3 is 10.6 Å². The summed E-state index contributed by atoms with van der Waals surface area (Å²) in [5.74, 6) is 1.26. The van der Waals surface area contributed by atoms with Gasteiger partial charge in [-0.1, -0.05) is 44.2 Å². The van der Waals surface area contributed by atoms with Crippen molar-refractivity contribution in [2.75, 3.05) is 7.11 Å². The van der Waals surface area contributed by atoms with Crippen molar-refractivity contribution in [3.63, 3.8) is 0 Å². The molecule has 0 spiro atoms. The summed E-state index contributed by atoms with van der Waals surface area (Å²) in [5, 5.41) is 0. The molecular weight excluding hydrogens is 629 g/mol. The Morgan fingerprint density at radius 2 is 1.18 bits per heavy atom. The molecule has 0 aliphatic carbocycles. The Balaban J connectivity index is 0.00000124. The molecule has 0 saturated heterocycles. The molecule has 13 heteroatoms. The van der Waals surface area contributed by atoms with Crippen molar-refractivity contribution in [3.05, 3.63) is 113 Å². The third-order valence-electron chi connectivity index (χ3n) is 7.04. The lowest BCUT2D eigenvalue weighted by Gasteiger charge is -2.28. The average molecular weight is 661 g/mol. The zero-order valence-corrected chi connectivity index (χ0v) is 27.1. The molecule has 0 amide bonds. The average Bonchev–Trinajstić information content (AvgIpc) is 2.94. The maximum atomic E-state index is 13.0. The molecule has 10 nitrogen and oxygen atoms in total. The summed E-state index contributed by atoms with van der Waals surface area (Å²) in [4.78, 5) is 0.333. The van der Waals surface area contributed by atoms with Gasteiger partial charge in [-0.15, -0.1) is 12.6 Å². The molecule has 44 heavy (non-hydrogen) atoms. The second kappa shape index (κ2) is 13.7. The van der Waals surface area contributed by atoms with Crippen LogP contribution in [-0.4, -0.2) is 41.1 Å². The van der Waals surface area contributed by atoms with E-state index in [1.807, 2.05) is 64.1 Å². The Bertz CT molecular complexity index is 1960. The number of ether oxygens (including phenoxy) is 2. The van der Waals surface area contributed by atoms with Crippen LogP contribution < -0.4 is 9.47 Å². The van der Waals surface area contributed by atoms with Crippen LogP contribution in [0, 0.1) is 13.8 Å². The fraction of sp³-hybridized carbons (Fsp3) is 0.226. The predicted octanol–water partition coefficient (Wildman–Crippen LogP) is 5.65. The van der Waals surface area contributed by atoms with E-state index in [1.54, 1.807) is 24.3 Å². The predicted molar refractivity (Wildman–Crippen MR) is 164 cm³/mol. The van der Waals surface area contributed by atoms with Crippen LogP contribution in [0.3, 0.4) is 0 Å². The zero-order valence-electron chi connectivity index (χ0n) is 24.6. The maximum absolute atomic E-state index is 13.0. The summed E-state index contributed by atoms with van der Waals surface area (Å²) in [6.07, 6.45) is 0. The van der Waals surface area contributed by atoms with Gasteiger partial charge in [-0.25, -0.2) is 8.42 Å². The first-order valence-corrected chi connectivity index (χ1v) is 17.1. The van der Waals surface area contributed by atoms with Crippen molar-refractivity contribution in [1.29, 1.82) is 0 Å². The minimum absolute atomic E-state index is 0.158. The van der Waals surface area contributed by atoms with Crippen molar-refractivity contribution < 1.29 is 43.5 Å². The van der Waals surface area contributed by atoms with E-state index in [0.29, 0.717) is 22.8 Å². The fourth-order valence-electron chi connectivity index (χ4n) is 4.44. The summed E-state index contributed by atoms with van der Waals surface area (Å²) in [5.41, 5.74) is 3.69. The van der Waals surface area contributed by atoms with Crippen molar-refractivity contribution in [3.8, 4) is 17.2 Å². The van der Waals surface area contributed by atoms with Crippen LogP contribution in [0.25, 0.3) is 0 Å². The van der Waals surface area contributed by atoms with Crippen molar-refractivity contribution in [2.45, 2.75) is 48.7 Å². The molecular formula is C31H32O10S3. The summed E-state index contributed by atoms with van der Waals surface area (Å²) in [7, 11) is -9.42. The van der Waals surface area contributed by atoms with Gasteiger partial charge < -0.3 is 9.47 Å². The second-order valence-corrected chi connectivity index (χ2v) is 14.2. The molecule has 0 aromatic heterocycles. The molecule has 1 N–H and O–H groups in total. The van der Waals surface area contributed by atoms with Crippen LogP contribution >= 0.6 is 0 Å². The minimum Gasteiger partial charge on any atom is -0.497 e. The first kappa shape index (κ1) is 34.5. The highest BCUT2D eigenvalue weighted by atomic mass is 32.2. The Morgan fingerprint density at radius 3 is 1.66 bits per heavy atom. The molecule has 0 atom stereocenters. The molecule has 234 valence electrons. The largest absolute Gasteiger partial charge is 0.497 e. The van der Waals surface area contributed by atoms with Crippen molar-refractivity contribution >= 4 is 30.6 Å². The van der Waals surface area contributed by atoms with Gasteiger partial charge in [0.2, 0.25) is 9.84 Å². The Morgan fingerprint density at radius 1 is 0.705 bits per heavy atom. The number of benzene rings is 4. The molecule has 0 bridgehead atoms. The van der Waals surface area contributed by atoms with Crippen LogP contribution in [-0.2, 0) is 41.7 Å². The Labute approximate surface area is 259 Å². The molecule has 0 radical (unpaired) electrons. The molecule has 4 aromatic rings. The molecule has 0 heterocycles. The van der Waals surface area contributed by atoms with E-state index in [9.17, 15) is 21.4 Å². The van der Waals surface area contributed by atoms with Gasteiger partial charge in [0.25, 0.3) is 10.1 Å². The van der Waals surface area contributed by atoms with Crippen LogP contribution in [0.2, 0.25) is 0 Å². The number of rotatable bonds is 9. The number of sulfone groups is 1. The van der Waals surface area contributed by atoms with Crippen LogP contribution in [0.4, 0.5) is 0 Å². The van der Waals surface area contributed by atoms with Gasteiger partial charge in [-0.2, -0.15) is 8.42 Å². The summed E-state index contributed by atoms with van der Waals surface area (Å²) in [6.45, 7) is 7.84. The van der Waals surface area contributed by atoms with Crippen molar-refractivity contribution in [1.82, 2.24) is 0 Å². The lowest BCUT2D eigenvalue weighted by atomic mass is 9.77. The number of hydrogen-bond donors (Lipinski definition) is 1. The quantitative estimate of drug-likeness (QED) is 0.223. The topological polar surface area (TPSA) is 158 Å². The summed E-state index contributed by atoms with van der Waals surface area (Å²) >= 11 is 0. The number of methoxy groups -OCH3 is 1. The molecule has 0 unspecified atom stereocenters. The lowest BCUT2D eigenvalue weighted by Crippen LogP contribution is -2.20. The second-order valence-electron chi connectivity index (χ2n) is 10.4. The molecule has 0 aliphatic rings. The van der Waals surface area contributed by atoms with Gasteiger partial charge in [-0.05, 0) is 96.3 Å². The lowest BCUT2D eigenvalue weighted by molar-refractivity contribution is 0.414. The monoisotopic (exact) mass is 660 g/mol. The molecule has 4 aromatic carbocycles. The van der Waals surface area contributed by atoms with E-state index >= 15 is 0 Å². The first-order chi connectivity index (χ1) is 20.4. The van der Waals surface area contributed by atoms with E-state index in [1.165, 1.54) is 31.4 Å². The molecule has 4 rings (SSSR count). The van der Waals surface area contributed by atoms with E-state index in [0.717, 1.165) is 22.3 Å². The summed E-state index contributed by atoms with van der Waals surface area (Å²) in [6, 6.07) is 24.0. The molecule has 0 saturated carbocycles. The van der Waals surface area contributed by atoms with Crippen LogP contribution in [0.1, 0.15) is 41.7 Å². The van der Waals surface area contributed by atoms with E-state index in [-0.39, 0.29) is 9.79 Å². The normalized spacial score (nSPS) is 11.7. The van der Waals surface area contributed by atoms with Crippen LogP contribution in [0.15, 0.2) is 94.7 Å². The van der Waals surface area contributed by atoms with Crippen molar-refractivity contribution in [2.24, 2.45) is 0 Å². The third-order valence-corrected chi connectivity index (χ3v) is 9.50. The Hall–Kier alpha value is -4.04. The zero-order chi connectivity index (χ0) is 32.9. The SMILES string of the molecule is COc1ccc(S(=O)(=O)c2ccc(Oc3ccc(C(C)(C)c4ccc(C)c(CS(=O)(=O)O)c4)cc3C)cc2)cc1.O=S(=O)=O. The highest BCUT2D eigenvalue weighted by Gasteiger charge is 2.25. The smallest absolute Gasteiger partial charge is 0.425 e. The van der Waals surface area contributed by atoms with Crippen LogP contribution in [0.5, 0.6) is 17.2 Å². The van der Waals surface area contributed by atoms with Gasteiger partial charge in [0, 0.05) is 5.41 Å². The fourth-order valence-corrected chi connectivity index (χ4v) is 6.40. The molecule has 0 fully saturated rings. The highest BCUT2D eigenvalue weighted by Crippen LogP contribution is 2.36. The third kappa shape index (κ3) is 8.76. The number of aryl methyl sites for hydroxylation is 2. The van der Waals surface area contributed by atoms with Gasteiger partial charge in [-0.3, -0.25) is 4.55 Å². The maximum Gasteiger partial charge on any atom is 0.425 e. The standard InChI is InChI=1S/C31H32O7S2.O3S/c1-21-6-7-25(19-23(21)20-39(32,33)34)31(3,4)24-8-17-30(22(2)18-24)38-27-11-15-29(16-12-27)40(35,36)28-13-9-26(37-5)10-14-28;1-4(2)3/h6-19H,20H2,1-5H3,(H,32,33,34);.